The van der Waals surface area contributed by atoms with Crippen molar-refractivity contribution in [1.82, 2.24) is 15.2 Å². The molecular formula is C13H30N4O2. The van der Waals surface area contributed by atoms with E-state index in [-0.39, 0.29) is 0 Å². The summed E-state index contributed by atoms with van der Waals surface area (Å²) in [7, 11) is 5.10. The molecule has 19 heavy (non-hydrogen) atoms. The Balaban J connectivity index is -0.000000239. The van der Waals surface area contributed by atoms with Crippen molar-refractivity contribution < 1.29 is 9.53 Å². The fourth-order valence-electron chi connectivity index (χ4n) is 0.826. The lowest BCUT2D eigenvalue weighted by Crippen LogP contribution is -2.13. The maximum Gasteiger partial charge on any atom is 0.168 e. The van der Waals surface area contributed by atoms with E-state index in [1.165, 1.54) is 0 Å². The van der Waals surface area contributed by atoms with Crippen molar-refractivity contribution in [1.29, 1.82) is 0 Å². The average Bonchev–Trinajstić information content (AvgIpc) is 2.82. The van der Waals surface area contributed by atoms with Crippen molar-refractivity contribution in [3.63, 3.8) is 0 Å². The number of ether oxygens (including phenoxy) is 1. The number of methoxy groups -OCH3 is 1. The minimum Gasteiger partial charge on any atom is -0.385 e. The van der Waals surface area contributed by atoms with Crippen LogP contribution in [0.5, 0.6) is 0 Å². The van der Waals surface area contributed by atoms with Crippen molar-refractivity contribution in [2.75, 3.05) is 20.8 Å². The van der Waals surface area contributed by atoms with Crippen molar-refractivity contribution in [2.45, 2.75) is 34.1 Å². The number of nitrogens with zero attached hydrogens (tertiary/aromatic N) is 2. The highest BCUT2D eigenvalue weighted by atomic mass is 16.5. The minimum atomic E-state index is 0.636. The molecule has 0 aliphatic heterocycles. The molecule has 1 aromatic heterocycles. The van der Waals surface area contributed by atoms with Gasteiger partial charge in [-0.3, -0.25) is 20.7 Å². The first kappa shape index (κ1) is 22.9. The number of aromatic nitrogens is 2. The first-order valence-electron chi connectivity index (χ1n) is 6.45. The second-order valence-electron chi connectivity index (χ2n) is 3.02. The van der Waals surface area contributed by atoms with Crippen LogP contribution in [0.1, 0.15) is 43.9 Å². The number of hydrazine groups is 1. The van der Waals surface area contributed by atoms with Crippen LogP contribution in [-0.2, 0) is 18.2 Å². The van der Waals surface area contributed by atoms with E-state index < -0.39 is 0 Å². The van der Waals surface area contributed by atoms with Gasteiger partial charge in [0.25, 0.3) is 0 Å². The van der Waals surface area contributed by atoms with Gasteiger partial charge in [0, 0.05) is 20.8 Å². The van der Waals surface area contributed by atoms with E-state index in [0.717, 1.165) is 25.0 Å². The van der Waals surface area contributed by atoms with Gasteiger partial charge < -0.3 is 4.74 Å². The summed E-state index contributed by atoms with van der Waals surface area (Å²) in [6, 6.07) is 1.80. The van der Waals surface area contributed by atoms with Crippen molar-refractivity contribution in [2.24, 2.45) is 12.9 Å². The molecule has 0 radical (unpaired) electrons. The molecule has 1 rings (SSSR count). The van der Waals surface area contributed by atoms with Gasteiger partial charge in [0.05, 0.1) is 5.69 Å². The number of nitrogens with one attached hydrogen (secondary N) is 1. The van der Waals surface area contributed by atoms with Gasteiger partial charge in [-0.15, -0.1) is 0 Å². The Bertz CT molecular complexity index is 286. The Morgan fingerprint density at radius 2 is 1.89 bits per heavy atom. The van der Waals surface area contributed by atoms with Gasteiger partial charge in [0.1, 0.15) is 5.69 Å². The molecule has 0 aromatic carbocycles. The van der Waals surface area contributed by atoms with E-state index in [1.54, 1.807) is 32.0 Å². The monoisotopic (exact) mass is 274 g/mol. The molecule has 114 valence electrons. The number of hydrogen-bond acceptors (Lipinski definition) is 5. The maximum absolute atomic E-state index is 10.3. The molecule has 0 spiro atoms. The molecule has 0 aliphatic carbocycles. The maximum atomic E-state index is 10.3. The average molecular weight is 274 g/mol. The Morgan fingerprint density at radius 3 is 2.05 bits per heavy atom. The number of carbonyl (C=O) groups excluding carboxylic acids is 1. The van der Waals surface area contributed by atoms with Crippen LogP contribution in [0.25, 0.3) is 0 Å². The lowest BCUT2D eigenvalue weighted by atomic mass is 10.3. The molecule has 0 fully saturated rings. The van der Waals surface area contributed by atoms with E-state index in [4.69, 9.17) is 0 Å². The molecule has 3 N–H and O–H groups in total. The zero-order valence-corrected chi connectivity index (χ0v) is 13.4. The van der Waals surface area contributed by atoms with Gasteiger partial charge in [-0.1, -0.05) is 20.8 Å². The van der Waals surface area contributed by atoms with Crippen LogP contribution < -0.4 is 11.3 Å². The molecule has 6 heteroatoms. The quantitative estimate of drug-likeness (QED) is 0.496. The number of aryl methyl sites for hydroxylation is 2. The molecule has 0 atom stereocenters. The Morgan fingerprint density at radius 1 is 1.47 bits per heavy atom. The number of hydrogen-bond donors (Lipinski definition) is 2. The third-order valence-corrected chi connectivity index (χ3v) is 1.74. The van der Waals surface area contributed by atoms with E-state index in [9.17, 15) is 4.79 Å². The van der Waals surface area contributed by atoms with Crippen LogP contribution in [0.15, 0.2) is 6.07 Å². The topological polar surface area (TPSA) is 82.2 Å². The van der Waals surface area contributed by atoms with Gasteiger partial charge in [-0.25, -0.2) is 0 Å². The van der Waals surface area contributed by atoms with E-state index >= 15 is 0 Å². The molecule has 0 unspecified atom stereocenters. The molecule has 6 nitrogen and oxygen atoms in total. The first-order chi connectivity index (χ1) is 9.10. The van der Waals surface area contributed by atoms with Crippen molar-refractivity contribution in [3.8, 4) is 0 Å². The molecule has 0 bridgehead atoms. The zero-order valence-electron chi connectivity index (χ0n) is 13.4. The van der Waals surface area contributed by atoms with Gasteiger partial charge in [-0.2, -0.15) is 5.10 Å². The SMILES string of the molecule is CC.CCOC.CCc1cc(C=O)n(C)n1.CNN. The Labute approximate surface area is 117 Å². The fraction of sp³-hybridized carbons (Fsp3) is 0.692. The number of aldehydes is 1. The number of carbonyl (C=O) groups is 1. The summed E-state index contributed by atoms with van der Waals surface area (Å²) in [5.74, 6) is 4.60. The number of rotatable bonds is 3. The summed E-state index contributed by atoms with van der Waals surface area (Å²) in [6.07, 6.45) is 1.69. The standard InChI is InChI=1S/C7H10N2O.C3H8O.C2H6.CH6N2/c1-3-6-4-7(5-10)9(2)8-6;1-3-4-2;1-2;1-3-2/h4-5H,3H2,1-2H3;3H2,1-2H3;1-2H3;3H,2H2,1H3. The number of nitrogens with two attached hydrogens (primary N) is 1. The van der Waals surface area contributed by atoms with Crippen LogP contribution >= 0.6 is 0 Å². The van der Waals surface area contributed by atoms with E-state index in [2.05, 4.69) is 21.1 Å². The normalized spacial score (nSPS) is 8.00. The van der Waals surface area contributed by atoms with Crippen LogP contribution in [-0.4, -0.2) is 36.8 Å². The van der Waals surface area contributed by atoms with E-state index in [0.29, 0.717) is 5.69 Å². The summed E-state index contributed by atoms with van der Waals surface area (Å²) in [5, 5.41) is 4.09. The highest BCUT2D eigenvalue weighted by molar-refractivity contribution is 5.72. The second-order valence-corrected chi connectivity index (χ2v) is 3.02. The summed E-state index contributed by atoms with van der Waals surface area (Å²) in [6.45, 7) is 8.79. The molecule has 1 heterocycles. The predicted octanol–water partition coefficient (Wildman–Crippen LogP) is 1.55. The lowest BCUT2D eigenvalue weighted by molar-refractivity contribution is 0.111. The van der Waals surface area contributed by atoms with Crippen LogP contribution in [0.3, 0.4) is 0 Å². The van der Waals surface area contributed by atoms with Gasteiger partial charge >= 0.3 is 0 Å². The highest BCUT2D eigenvalue weighted by Crippen LogP contribution is 1.99. The minimum absolute atomic E-state index is 0.636. The molecule has 0 aliphatic rings. The van der Waals surface area contributed by atoms with Gasteiger partial charge in [0.15, 0.2) is 6.29 Å². The van der Waals surface area contributed by atoms with Crippen LogP contribution in [0.2, 0.25) is 0 Å². The fourth-order valence-corrected chi connectivity index (χ4v) is 0.826. The Kier molecular flexibility index (Phi) is 23.0. The molecule has 0 saturated carbocycles. The van der Waals surface area contributed by atoms with Gasteiger partial charge in [-0.05, 0) is 26.5 Å². The van der Waals surface area contributed by atoms with Crippen molar-refractivity contribution in [3.05, 3.63) is 17.5 Å². The third-order valence-electron chi connectivity index (χ3n) is 1.74. The first-order valence-corrected chi connectivity index (χ1v) is 6.45. The largest absolute Gasteiger partial charge is 0.385 e. The van der Waals surface area contributed by atoms with Crippen LogP contribution in [0, 0.1) is 0 Å². The zero-order chi connectivity index (χ0) is 15.7. The van der Waals surface area contributed by atoms with Gasteiger partial charge in [0.2, 0.25) is 0 Å². The highest BCUT2D eigenvalue weighted by Gasteiger charge is 1.99. The molecule has 0 amide bonds. The molecule has 1 aromatic rings. The lowest BCUT2D eigenvalue weighted by Gasteiger charge is -1.87. The molecule has 0 saturated heterocycles. The van der Waals surface area contributed by atoms with E-state index in [1.807, 2.05) is 27.7 Å². The molecular weight excluding hydrogens is 244 g/mol. The third kappa shape index (κ3) is 14.7. The summed E-state index contributed by atoms with van der Waals surface area (Å²) in [5.41, 5.74) is 3.85. The Hall–Kier alpha value is -1.24. The second kappa shape index (κ2) is 19.1. The summed E-state index contributed by atoms with van der Waals surface area (Å²) >= 11 is 0. The smallest absolute Gasteiger partial charge is 0.168 e. The summed E-state index contributed by atoms with van der Waals surface area (Å²) in [4.78, 5) is 10.3. The summed E-state index contributed by atoms with van der Waals surface area (Å²) < 4.78 is 6.13. The van der Waals surface area contributed by atoms with Crippen molar-refractivity contribution >= 4 is 6.29 Å². The van der Waals surface area contributed by atoms with Crippen LogP contribution in [0.4, 0.5) is 0 Å². The predicted molar refractivity (Wildman–Crippen MR) is 80.1 cm³/mol.